The van der Waals surface area contributed by atoms with Crippen molar-refractivity contribution in [3.8, 4) is 0 Å². The molecule has 2 atom stereocenters. The first-order chi connectivity index (χ1) is 15.3. The molecule has 2 amide bonds. The molecule has 0 saturated heterocycles. The number of anilines is 1. The van der Waals surface area contributed by atoms with E-state index < -0.39 is 12.0 Å². The number of hydrogen-bond acceptors (Lipinski definition) is 3. The van der Waals surface area contributed by atoms with Crippen LogP contribution in [-0.4, -0.2) is 34.2 Å². The Morgan fingerprint density at radius 2 is 1.74 bits per heavy atom. The highest BCUT2D eigenvalue weighted by atomic mass is 32.1. The molecule has 182 valence electrons. The maximum Gasteiger partial charge on any atom is 0.251 e. The van der Waals surface area contributed by atoms with E-state index >= 15 is 0 Å². The molecule has 34 heavy (non-hydrogen) atoms. The third-order valence-corrected chi connectivity index (χ3v) is 5.99. The normalized spacial score (nSPS) is 16.9. The largest absolute Gasteiger partial charge is 0.339 e. The molecule has 1 aliphatic heterocycles. The zero-order valence-corrected chi connectivity index (χ0v) is 21.7. The Bertz CT molecular complexity index is 1180. The smallest absolute Gasteiger partial charge is 0.251 e. The fourth-order valence-corrected chi connectivity index (χ4v) is 4.52. The van der Waals surface area contributed by atoms with Crippen LogP contribution >= 0.6 is 27.0 Å². The van der Waals surface area contributed by atoms with E-state index in [1.807, 2.05) is 44.5 Å². The minimum absolute atomic E-state index is 0. The van der Waals surface area contributed by atoms with E-state index in [2.05, 4.69) is 10.4 Å². The summed E-state index contributed by atoms with van der Waals surface area (Å²) >= 11 is 0. The van der Waals surface area contributed by atoms with Gasteiger partial charge in [-0.05, 0) is 57.5 Å². The number of aryl methyl sites for hydroxylation is 3. The molecule has 6 nitrogen and oxygen atoms in total. The number of rotatable bonds is 5. The Kier molecular flexibility index (Phi) is 8.96. The van der Waals surface area contributed by atoms with Gasteiger partial charge in [-0.25, -0.2) is 9.07 Å². The monoisotopic (exact) mass is 502 g/mol. The van der Waals surface area contributed by atoms with E-state index in [4.69, 9.17) is 0 Å². The lowest BCUT2D eigenvalue weighted by molar-refractivity contribution is -0.121. The lowest BCUT2D eigenvalue weighted by Gasteiger charge is -2.38. The summed E-state index contributed by atoms with van der Waals surface area (Å²) in [6.45, 7) is 8.76. The maximum atomic E-state index is 13.7. The van der Waals surface area contributed by atoms with Gasteiger partial charge in [0.05, 0.1) is 5.69 Å². The number of nitrogens with one attached hydrogen (secondary N) is 1. The second kappa shape index (κ2) is 11.1. The lowest BCUT2D eigenvalue weighted by atomic mass is 9.81. The molecule has 0 fully saturated rings. The predicted molar refractivity (Wildman–Crippen MR) is 142 cm³/mol. The van der Waals surface area contributed by atoms with Crippen molar-refractivity contribution in [1.82, 2.24) is 15.1 Å². The molecule has 0 spiro atoms. The van der Waals surface area contributed by atoms with Crippen LogP contribution in [0.2, 0.25) is 0 Å². The summed E-state index contributed by atoms with van der Waals surface area (Å²) in [5.41, 5.74) is 3.88. The highest BCUT2D eigenvalue weighted by molar-refractivity contribution is 7.59. The third kappa shape index (κ3) is 4.86. The molecule has 4 rings (SSSR count). The van der Waals surface area contributed by atoms with Crippen molar-refractivity contribution in [2.75, 3.05) is 11.4 Å². The van der Waals surface area contributed by atoms with E-state index in [0.717, 1.165) is 28.2 Å². The molecule has 1 aliphatic rings. The molecule has 2 aromatic carbocycles. The number of amides is 2. The van der Waals surface area contributed by atoms with Crippen molar-refractivity contribution < 1.29 is 14.0 Å². The minimum atomic E-state index is -0.839. The molecule has 0 bridgehead atoms. The summed E-state index contributed by atoms with van der Waals surface area (Å²) in [5, 5.41) is 7.63. The van der Waals surface area contributed by atoms with Gasteiger partial charge in [0, 0.05) is 30.1 Å². The zero-order valence-electron chi connectivity index (χ0n) is 19.7. The molecule has 1 aromatic heterocycles. The molecule has 2 heterocycles. The minimum Gasteiger partial charge on any atom is -0.339 e. The van der Waals surface area contributed by atoms with Gasteiger partial charge in [-0.1, -0.05) is 29.8 Å². The molecular weight excluding hydrogens is 471 g/mol. The number of halogens is 1. The van der Waals surface area contributed by atoms with Gasteiger partial charge in [-0.3, -0.25) is 14.5 Å². The number of benzene rings is 2. The van der Waals surface area contributed by atoms with Crippen molar-refractivity contribution in [2.24, 2.45) is 0 Å². The van der Waals surface area contributed by atoms with E-state index in [-0.39, 0.29) is 44.6 Å². The highest BCUT2D eigenvalue weighted by Gasteiger charge is 2.45. The van der Waals surface area contributed by atoms with Gasteiger partial charge in [-0.2, -0.15) is 32.1 Å². The highest BCUT2D eigenvalue weighted by Crippen LogP contribution is 2.42. The van der Waals surface area contributed by atoms with Crippen LogP contribution in [0.1, 0.15) is 52.5 Å². The Hall–Kier alpha value is -2.78. The quantitative estimate of drug-likeness (QED) is 0.569. The summed E-state index contributed by atoms with van der Waals surface area (Å²) in [5.74, 6) is -0.611. The summed E-state index contributed by atoms with van der Waals surface area (Å²) in [4.78, 5) is 28.5. The second-order valence-corrected chi connectivity index (χ2v) is 8.07. The number of aromatic nitrogens is 2. The van der Waals surface area contributed by atoms with E-state index in [1.54, 1.807) is 29.2 Å². The zero-order chi connectivity index (χ0) is 23.0. The molecule has 3 aromatic rings. The van der Waals surface area contributed by atoms with Crippen LogP contribution in [0, 0.1) is 19.7 Å². The molecule has 0 unspecified atom stereocenters. The van der Waals surface area contributed by atoms with Crippen molar-refractivity contribution >= 4 is 44.6 Å². The number of likely N-dealkylation sites (N-methyl/N-ethyl adjacent to an activating group) is 1. The van der Waals surface area contributed by atoms with Gasteiger partial charge in [0.1, 0.15) is 17.7 Å². The van der Waals surface area contributed by atoms with Crippen LogP contribution in [0.5, 0.6) is 0 Å². The standard InChI is InChI=1S/C25H27FN4O2.2H2S/c1-5-29-24-20(16(4)28-30(24)6-2)21(17-10-12-19(26)13-11-17)22(25(29)32)27-23(31)18-9-7-8-15(3)14-18;;/h7-14,21-22H,5-6H2,1-4H3,(H,27,31);2*1H2/t21-,22-;;/m0../s1. The Morgan fingerprint density at radius 1 is 1.06 bits per heavy atom. The van der Waals surface area contributed by atoms with Crippen LogP contribution in [0.25, 0.3) is 0 Å². The lowest BCUT2D eigenvalue weighted by Crippen LogP contribution is -2.55. The van der Waals surface area contributed by atoms with Crippen LogP contribution < -0.4 is 10.2 Å². The first-order valence-corrected chi connectivity index (χ1v) is 10.9. The fraction of sp³-hybridized carbons (Fsp3) is 0.320. The Balaban J connectivity index is 0.00000204. The first kappa shape index (κ1) is 27.5. The molecular formula is C25H31FN4O2S2. The van der Waals surface area contributed by atoms with Crippen LogP contribution in [0.3, 0.4) is 0 Å². The molecule has 1 N–H and O–H groups in total. The van der Waals surface area contributed by atoms with E-state index in [1.165, 1.54) is 12.1 Å². The van der Waals surface area contributed by atoms with Gasteiger partial charge in [0.15, 0.2) is 0 Å². The second-order valence-electron chi connectivity index (χ2n) is 8.07. The van der Waals surface area contributed by atoms with Crippen LogP contribution in [0.15, 0.2) is 48.5 Å². The summed E-state index contributed by atoms with van der Waals surface area (Å²) in [6.07, 6.45) is 0. The number of hydrogen-bond donors (Lipinski definition) is 1. The van der Waals surface area contributed by atoms with Gasteiger partial charge in [0.2, 0.25) is 0 Å². The summed E-state index contributed by atoms with van der Waals surface area (Å²) in [6, 6.07) is 12.5. The molecule has 0 radical (unpaired) electrons. The topological polar surface area (TPSA) is 67.2 Å². The average molecular weight is 503 g/mol. The maximum absolute atomic E-state index is 13.7. The number of fused-ring (bicyclic) bond motifs is 1. The van der Waals surface area contributed by atoms with Crippen molar-refractivity contribution in [3.05, 3.63) is 82.3 Å². The van der Waals surface area contributed by atoms with Gasteiger partial charge in [-0.15, -0.1) is 0 Å². The SMILES string of the molecule is CCN1C(=O)[C@@H](NC(=O)c2cccc(C)c2)[C@@H](c2ccc(F)cc2)c2c(C)nn(CC)c21.S.S. The van der Waals surface area contributed by atoms with Crippen LogP contribution in [-0.2, 0) is 11.3 Å². The van der Waals surface area contributed by atoms with Gasteiger partial charge >= 0.3 is 0 Å². The number of nitrogens with zero attached hydrogens (tertiary/aromatic N) is 3. The number of carbonyl (C=O) groups excluding carboxylic acids is 2. The summed E-state index contributed by atoms with van der Waals surface area (Å²) < 4.78 is 15.5. The van der Waals surface area contributed by atoms with Crippen molar-refractivity contribution in [2.45, 2.75) is 46.2 Å². The van der Waals surface area contributed by atoms with Crippen LogP contribution in [0.4, 0.5) is 10.2 Å². The van der Waals surface area contributed by atoms with E-state index in [9.17, 15) is 14.0 Å². The van der Waals surface area contributed by atoms with Crippen molar-refractivity contribution in [1.29, 1.82) is 0 Å². The molecule has 0 aliphatic carbocycles. The number of carbonyl (C=O) groups is 2. The van der Waals surface area contributed by atoms with Gasteiger partial charge < -0.3 is 5.32 Å². The predicted octanol–water partition coefficient (Wildman–Crippen LogP) is 4.18. The van der Waals surface area contributed by atoms with Crippen molar-refractivity contribution in [3.63, 3.8) is 0 Å². The van der Waals surface area contributed by atoms with Gasteiger partial charge in [0.25, 0.3) is 11.8 Å². The Morgan fingerprint density at radius 3 is 2.32 bits per heavy atom. The third-order valence-electron chi connectivity index (χ3n) is 5.99. The average Bonchev–Trinajstić information content (AvgIpc) is 3.11. The fourth-order valence-electron chi connectivity index (χ4n) is 4.52. The first-order valence-electron chi connectivity index (χ1n) is 10.9. The Labute approximate surface area is 213 Å². The molecule has 9 heteroatoms. The summed E-state index contributed by atoms with van der Waals surface area (Å²) in [7, 11) is 0. The van der Waals surface area contributed by atoms with E-state index in [0.29, 0.717) is 18.7 Å². The molecule has 0 saturated carbocycles.